The molecule has 0 spiro atoms. The molecule has 0 aromatic carbocycles. The molecule has 0 amide bonds. The largest absolute Gasteiger partial charge is 0.462 e. The molecule has 0 aliphatic heterocycles. The third-order valence-electron chi connectivity index (χ3n) is 12.0. The summed E-state index contributed by atoms with van der Waals surface area (Å²) in [6.45, 7) is 6.32. The molecule has 1 unspecified atom stereocenters. The van der Waals surface area contributed by atoms with Crippen molar-refractivity contribution in [2.45, 2.75) is 245 Å². The maximum atomic E-state index is 12.8. The highest BCUT2D eigenvalue weighted by atomic mass is 16.6. The topological polar surface area (TPSA) is 78.9 Å². The molecule has 0 N–H and O–H groups in total. The summed E-state index contributed by atoms with van der Waals surface area (Å²) in [5.41, 5.74) is 0. The number of hydrogen-bond acceptors (Lipinski definition) is 6. The number of carbonyl (C=O) groups is 3. The van der Waals surface area contributed by atoms with Crippen LogP contribution in [0, 0.1) is 0 Å². The van der Waals surface area contributed by atoms with Gasteiger partial charge in [-0.25, -0.2) is 0 Å². The van der Waals surface area contributed by atoms with Gasteiger partial charge in [-0.1, -0.05) is 230 Å². The number of unbranched alkanes of at least 4 members (excludes halogenated alkanes) is 15. The Morgan fingerprint density at radius 1 is 0.280 bits per heavy atom. The van der Waals surface area contributed by atoms with Gasteiger partial charge in [0.05, 0.1) is 0 Å². The minimum absolute atomic E-state index is 0.114. The second-order valence-corrected chi connectivity index (χ2v) is 19.1. The summed E-state index contributed by atoms with van der Waals surface area (Å²) >= 11 is 0. The van der Waals surface area contributed by atoms with Gasteiger partial charge in [0.1, 0.15) is 13.2 Å². The molecule has 0 aromatic heterocycles. The fourth-order valence-electron chi connectivity index (χ4n) is 7.56. The van der Waals surface area contributed by atoms with Gasteiger partial charge in [-0.2, -0.15) is 0 Å². The van der Waals surface area contributed by atoms with Crippen LogP contribution in [0.25, 0.3) is 0 Å². The van der Waals surface area contributed by atoms with E-state index in [2.05, 4.69) is 179 Å². The van der Waals surface area contributed by atoms with Crippen LogP contribution in [0.15, 0.2) is 158 Å². The molecule has 0 aliphatic rings. The lowest BCUT2D eigenvalue weighted by Crippen LogP contribution is -2.30. The predicted octanol–water partition coefficient (Wildman–Crippen LogP) is 20.5. The van der Waals surface area contributed by atoms with Gasteiger partial charge in [-0.3, -0.25) is 14.4 Å². The minimum atomic E-state index is -0.822. The van der Waals surface area contributed by atoms with Gasteiger partial charge >= 0.3 is 17.9 Å². The molecule has 0 saturated heterocycles. The molecule has 0 fully saturated rings. The zero-order chi connectivity index (χ0) is 54.3. The Labute approximate surface area is 460 Å². The Balaban J connectivity index is 4.44. The van der Waals surface area contributed by atoms with E-state index >= 15 is 0 Å². The zero-order valence-electron chi connectivity index (χ0n) is 48.0. The number of ether oxygens (including phenoxy) is 3. The summed E-state index contributed by atoms with van der Waals surface area (Å²) in [6, 6.07) is 0. The van der Waals surface area contributed by atoms with E-state index in [1.54, 1.807) is 0 Å². The first kappa shape index (κ1) is 70.0. The van der Waals surface area contributed by atoms with Gasteiger partial charge in [0.15, 0.2) is 6.10 Å². The van der Waals surface area contributed by atoms with Gasteiger partial charge in [0.2, 0.25) is 0 Å². The molecule has 0 rings (SSSR count). The zero-order valence-corrected chi connectivity index (χ0v) is 48.0. The molecular formula is C69H108O6. The van der Waals surface area contributed by atoms with E-state index in [1.165, 1.54) is 38.5 Å². The molecule has 6 heteroatoms. The Bertz CT molecular complexity index is 1710. The van der Waals surface area contributed by atoms with Crippen molar-refractivity contribution < 1.29 is 28.6 Å². The van der Waals surface area contributed by atoms with Crippen LogP contribution in [-0.4, -0.2) is 37.2 Å². The lowest BCUT2D eigenvalue weighted by atomic mass is 10.1. The first-order valence-corrected chi connectivity index (χ1v) is 30.0. The molecule has 0 saturated carbocycles. The number of carbonyl (C=O) groups excluding carboxylic acids is 3. The van der Waals surface area contributed by atoms with Crippen LogP contribution in [0.2, 0.25) is 0 Å². The quantitative estimate of drug-likeness (QED) is 0.0261. The SMILES string of the molecule is CC/C=C\C/C=C\C/C=C\C/C=C\C/C=C\C/C=C\C/C=C\C/C=C\CCCCCCC(=O)OCC(COC(=O)CCCCCCC/C=C\CCCCCC)OC(=O)CCCC/C=C\C/C=C\C/C=C\C/C=C\CC. The van der Waals surface area contributed by atoms with Gasteiger partial charge < -0.3 is 14.2 Å². The maximum absolute atomic E-state index is 12.8. The smallest absolute Gasteiger partial charge is 0.306 e. The van der Waals surface area contributed by atoms with Crippen molar-refractivity contribution in [2.75, 3.05) is 13.2 Å². The third-order valence-corrected chi connectivity index (χ3v) is 12.0. The summed E-state index contributed by atoms with van der Waals surface area (Å²) in [6.07, 6.45) is 89.6. The van der Waals surface area contributed by atoms with Crippen LogP contribution in [-0.2, 0) is 28.6 Å². The van der Waals surface area contributed by atoms with Crippen molar-refractivity contribution in [3.05, 3.63) is 158 Å². The highest BCUT2D eigenvalue weighted by Gasteiger charge is 2.19. The second-order valence-electron chi connectivity index (χ2n) is 19.1. The molecule has 6 nitrogen and oxygen atoms in total. The van der Waals surface area contributed by atoms with Crippen LogP contribution in [0.5, 0.6) is 0 Å². The van der Waals surface area contributed by atoms with Crippen molar-refractivity contribution in [1.82, 2.24) is 0 Å². The number of hydrogen-bond donors (Lipinski definition) is 0. The van der Waals surface area contributed by atoms with Crippen LogP contribution < -0.4 is 0 Å². The summed E-state index contributed by atoms with van der Waals surface area (Å²) in [7, 11) is 0. The molecule has 420 valence electrons. The van der Waals surface area contributed by atoms with E-state index in [1.807, 2.05) is 0 Å². The van der Waals surface area contributed by atoms with Crippen molar-refractivity contribution in [3.63, 3.8) is 0 Å². The molecule has 1 atom stereocenters. The highest BCUT2D eigenvalue weighted by Crippen LogP contribution is 2.12. The molecule has 0 aliphatic carbocycles. The summed E-state index contributed by atoms with van der Waals surface area (Å²) < 4.78 is 16.8. The summed E-state index contributed by atoms with van der Waals surface area (Å²) in [5.74, 6) is -0.998. The van der Waals surface area contributed by atoms with E-state index in [-0.39, 0.29) is 37.5 Å². The molecule has 0 aromatic rings. The van der Waals surface area contributed by atoms with Gasteiger partial charge in [0.25, 0.3) is 0 Å². The second kappa shape index (κ2) is 61.6. The summed E-state index contributed by atoms with van der Waals surface area (Å²) in [4.78, 5) is 38.2. The lowest BCUT2D eigenvalue weighted by Gasteiger charge is -2.18. The Morgan fingerprint density at radius 3 is 0.853 bits per heavy atom. The Morgan fingerprint density at radius 2 is 0.520 bits per heavy atom. The van der Waals surface area contributed by atoms with E-state index < -0.39 is 6.10 Å². The number of esters is 3. The van der Waals surface area contributed by atoms with Gasteiger partial charge in [-0.15, -0.1) is 0 Å². The van der Waals surface area contributed by atoms with Crippen LogP contribution in [0.3, 0.4) is 0 Å². The first-order chi connectivity index (χ1) is 37.0. The van der Waals surface area contributed by atoms with Crippen LogP contribution in [0.4, 0.5) is 0 Å². The van der Waals surface area contributed by atoms with E-state index in [0.717, 1.165) is 154 Å². The van der Waals surface area contributed by atoms with Crippen molar-refractivity contribution in [3.8, 4) is 0 Å². The normalized spacial score (nSPS) is 13.3. The molecular weight excluding hydrogens is 925 g/mol. The fraction of sp³-hybridized carbons (Fsp3) is 0.580. The monoisotopic (exact) mass is 1030 g/mol. The average Bonchev–Trinajstić information content (AvgIpc) is 3.41. The van der Waals surface area contributed by atoms with Crippen molar-refractivity contribution in [2.24, 2.45) is 0 Å². The molecule has 0 radical (unpaired) electrons. The van der Waals surface area contributed by atoms with Crippen LogP contribution in [0.1, 0.15) is 239 Å². The van der Waals surface area contributed by atoms with Crippen molar-refractivity contribution in [1.29, 1.82) is 0 Å². The molecule has 0 bridgehead atoms. The van der Waals surface area contributed by atoms with Gasteiger partial charge in [0, 0.05) is 19.3 Å². The van der Waals surface area contributed by atoms with Crippen molar-refractivity contribution >= 4 is 17.9 Å². The van der Waals surface area contributed by atoms with E-state index in [0.29, 0.717) is 19.3 Å². The number of rotatable bonds is 52. The summed E-state index contributed by atoms with van der Waals surface area (Å²) in [5, 5.41) is 0. The Kier molecular flexibility index (Phi) is 57.5. The lowest BCUT2D eigenvalue weighted by molar-refractivity contribution is -0.167. The van der Waals surface area contributed by atoms with E-state index in [4.69, 9.17) is 14.2 Å². The third kappa shape index (κ3) is 59.8. The van der Waals surface area contributed by atoms with E-state index in [9.17, 15) is 14.4 Å². The number of allylic oxidation sites excluding steroid dienone is 26. The van der Waals surface area contributed by atoms with Crippen LogP contribution >= 0.6 is 0 Å². The molecule has 75 heavy (non-hydrogen) atoms. The fourth-order valence-corrected chi connectivity index (χ4v) is 7.56. The molecule has 0 heterocycles. The predicted molar refractivity (Wildman–Crippen MR) is 325 cm³/mol. The standard InChI is InChI=1S/C69H108O6/c1-4-7-10-13-16-19-22-25-27-28-29-30-31-32-33-34-35-36-37-38-39-40-42-44-47-50-53-56-59-62-68(71)74-65-66(64-73-67(70)61-58-55-52-49-46-43-24-21-18-15-12-9-6-3)75-69(72)63-60-57-54-51-48-45-41-26-23-20-17-14-11-8-5-2/h7-8,10-11,16-17,19-21,24-27,29-30,32-33,35-36,38-39,41-42,44,48,51,66H,4-6,9,12-15,18,22-23,28,31,34,37,40,43,45-47,49-50,52-65H2,1-3H3/b10-7-,11-8-,19-16-,20-17-,24-21-,27-25-,30-29-,33-32-,36-35-,39-38-,41-26-,44-42-,51-48-. The average molecular weight is 1030 g/mol. The maximum Gasteiger partial charge on any atom is 0.306 e. The Hall–Kier alpha value is -4.97. The highest BCUT2D eigenvalue weighted by molar-refractivity contribution is 5.71. The first-order valence-electron chi connectivity index (χ1n) is 30.0. The minimum Gasteiger partial charge on any atom is -0.462 e. The van der Waals surface area contributed by atoms with Gasteiger partial charge in [-0.05, 0) is 148 Å².